The van der Waals surface area contributed by atoms with Crippen LogP contribution >= 0.6 is 11.3 Å². The Morgan fingerprint density at radius 1 is 1.20 bits per heavy atom. The van der Waals surface area contributed by atoms with Crippen molar-refractivity contribution in [1.29, 1.82) is 0 Å². The Morgan fingerprint density at radius 3 is 2.72 bits per heavy atom. The third-order valence-electron chi connectivity index (χ3n) is 5.25. The van der Waals surface area contributed by atoms with Gasteiger partial charge in [0.1, 0.15) is 16.9 Å². The lowest BCUT2D eigenvalue weighted by Gasteiger charge is -2.27. The minimum Gasteiger partial charge on any atom is -0.494 e. The Bertz CT molecular complexity index is 782. The zero-order valence-electron chi connectivity index (χ0n) is 14.7. The number of hydrogen-bond donors (Lipinski definition) is 2. The van der Waals surface area contributed by atoms with Crippen LogP contribution < -0.4 is 15.4 Å². The number of rotatable bonds is 4. The van der Waals surface area contributed by atoms with Crippen LogP contribution in [-0.2, 0) is 12.8 Å². The second-order valence-electron chi connectivity index (χ2n) is 6.78. The van der Waals surface area contributed by atoms with Gasteiger partial charge in [0.05, 0.1) is 12.2 Å². The van der Waals surface area contributed by atoms with E-state index >= 15 is 0 Å². The molecule has 4 rings (SSSR count). The number of amides is 1. The first-order valence-corrected chi connectivity index (χ1v) is 9.96. The SMILES string of the molecule is CCOc1ccc([C@H]2NC(=O)c3c(sc4c3CC[C@@H](CC)C4)N2)cc1. The fourth-order valence-electron chi connectivity index (χ4n) is 3.80. The standard InChI is InChI=1S/C20H24N2O2S/c1-3-12-5-10-15-16(11-12)25-20-17(15)19(23)21-18(22-20)13-6-8-14(9-7-13)24-4-2/h6-9,12,18,22H,3-5,10-11H2,1-2H3,(H,21,23)/t12-,18+/m1/s1. The van der Waals surface area contributed by atoms with Crippen molar-refractivity contribution in [3.8, 4) is 5.75 Å². The lowest BCUT2D eigenvalue weighted by Crippen LogP contribution is -2.38. The van der Waals surface area contributed by atoms with E-state index in [2.05, 4.69) is 17.6 Å². The first-order chi connectivity index (χ1) is 12.2. The fraction of sp³-hybridized carbons (Fsp3) is 0.450. The van der Waals surface area contributed by atoms with Crippen molar-refractivity contribution in [1.82, 2.24) is 5.32 Å². The van der Waals surface area contributed by atoms with Gasteiger partial charge in [0.15, 0.2) is 0 Å². The van der Waals surface area contributed by atoms with Crippen molar-refractivity contribution in [2.45, 2.75) is 45.7 Å². The molecule has 0 saturated heterocycles. The summed E-state index contributed by atoms with van der Waals surface area (Å²) in [5, 5.41) is 7.68. The molecular formula is C20H24N2O2S. The molecule has 1 aliphatic heterocycles. The molecule has 1 amide bonds. The van der Waals surface area contributed by atoms with E-state index in [9.17, 15) is 4.79 Å². The highest BCUT2D eigenvalue weighted by Gasteiger charge is 2.33. The van der Waals surface area contributed by atoms with E-state index in [4.69, 9.17) is 4.74 Å². The quantitative estimate of drug-likeness (QED) is 0.847. The lowest BCUT2D eigenvalue weighted by atomic mass is 9.85. The number of anilines is 1. The van der Waals surface area contributed by atoms with E-state index < -0.39 is 0 Å². The maximum Gasteiger partial charge on any atom is 0.256 e. The Labute approximate surface area is 152 Å². The number of carbonyl (C=O) groups excluding carboxylic acids is 1. The number of carbonyl (C=O) groups is 1. The van der Waals surface area contributed by atoms with Gasteiger partial charge in [-0.1, -0.05) is 25.5 Å². The number of thiophene rings is 1. The number of hydrogen-bond acceptors (Lipinski definition) is 4. The molecular weight excluding hydrogens is 332 g/mol. The van der Waals surface area contributed by atoms with E-state index in [1.165, 1.54) is 23.3 Å². The summed E-state index contributed by atoms with van der Waals surface area (Å²) in [5.41, 5.74) is 3.21. The molecule has 4 nitrogen and oxygen atoms in total. The number of fused-ring (bicyclic) bond motifs is 3. The summed E-state index contributed by atoms with van der Waals surface area (Å²) in [5.74, 6) is 1.67. The van der Waals surface area contributed by atoms with Crippen LogP contribution in [0.4, 0.5) is 5.00 Å². The van der Waals surface area contributed by atoms with Crippen molar-refractivity contribution < 1.29 is 9.53 Å². The van der Waals surface area contributed by atoms with Gasteiger partial charge >= 0.3 is 0 Å². The summed E-state index contributed by atoms with van der Waals surface area (Å²) < 4.78 is 5.50. The Balaban J connectivity index is 1.59. The summed E-state index contributed by atoms with van der Waals surface area (Å²) in [6.45, 7) is 4.89. The Kier molecular flexibility index (Phi) is 4.42. The first kappa shape index (κ1) is 16.5. The minimum absolute atomic E-state index is 0.0556. The second kappa shape index (κ2) is 6.71. The third-order valence-corrected chi connectivity index (χ3v) is 6.43. The predicted molar refractivity (Wildman–Crippen MR) is 102 cm³/mol. The monoisotopic (exact) mass is 356 g/mol. The van der Waals surface area contributed by atoms with Crippen LogP contribution in [0.15, 0.2) is 24.3 Å². The maximum absolute atomic E-state index is 12.8. The number of ether oxygens (including phenoxy) is 1. The normalized spacial score (nSPS) is 21.8. The highest BCUT2D eigenvalue weighted by molar-refractivity contribution is 7.16. The molecule has 0 bridgehead atoms. The van der Waals surface area contributed by atoms with Crippen LogP contribution in [0.5, 0.6) is 5.75 Å². The van der Waals surface area contributed by atoms with Gasteiger partial charge in [0.25, 0.3) is 5.91 Å². The molecule has 2 aliphatic rings. The van der Waals surface area contributed by atoms with Crippen LogP contribution in [0.25, 0.3) is 0 Å². The minimum atomic E-state index is -0.183. The lowest BCUT2D eigenvalue weighted by molar-refractivity contribution is 0.0935. The van der Waals surface area contributed by atoms with Crippen LogP contribution in [-0.4, -0.2) is 12.5 Å². The van der Waals surface area contributed by atoms with Crippen LogP contribution in [0.2, 0.25) is 0 Å². The molecule has 1 aromatic heterocycles. The third kappa shape index (κ3) is 3.01. The van der Waals surface area contributed by atoms with Crippen LogP contribution in [0.3, 0.4) is 0 Å². The van der Waals surface area contributed by atoms with E-state index in [1.807, 2.05) is 31.2 Å². The molecule has 0 radical (unpaired) electrons. The van der Waals surface area contributed by atoms with E-state index in [1.54, 1.807) is 11.3 Å². The van der Waals surface area contributed by atoms with Crippen LogP contribution in [0, 0.1) is 5.92 Å². The molecule has 2 N–H and O–H groups in total. The number of nitrogens with one attached hydrogen (secondary N) is 2. The first-order valence-electron chi connectivity index (χ1n) is 9.14. The van der Waals surface area contributed by atoms with Crippen LogP contribution in [0.1, 0.15) is 59.2 Å². The molecule has 5 heteroatoms. The maximum atomic E-state index is 12.8. The van der Waals surface area contributed by atoms with E-state index in [0.717, 1.165) is 40.6 Å². The van der Waals surface area contributed by atoms with Gasteiger partial charge < -0.3 is 15.4 Å². The zero-order valence-corrected chi connectivity index (χ0v) is 15.5. The van der Waals surface area contributed by atoms with Gasteiger partial charge in [-0.25, -0.2) is 0 Å². The molecule has 0 spiro atoms. The van der Waals surface area contributed by atoms with Gasteiger partial charge in [-0.2, -0.15) is 0 Å². The summed E-state index contributed by atoms with van der Waals surface area (Å²) in [6.07, 6.45) is 4.38. The summed E-state index contributed by atoms with van der Waals surface area (Å²) in [6, 6.07) is 7.92. The molecule has 2 aromatic rings. The molecule has 2 heterocycles. The molecule has 25 heavy (non-hydrogen) atoms. The molecule has 0 unspecified atom stereocenters. The van der Waals surface area contributed by atoms with Gasteiger partial charge in [0, 0.05) is 4.88 Å². The smallest absolute Gasteiger partial charge is 0.256 e. The molecule has 132 valence electrons. The largest absolute Gasteiger partial charge is 0.494 e. The van der Waals surface area contributed by atoms with Crippen molar-refractivity contribution in [3.63, 3.8) is 0 Å². The average molecular weight is 356 g/mol. The predicted octanol–water partition coefficient (Wildman–Crippen LogP) is 4.52. The Hall–Kier alpha value is -2.01. The zero-order chi connectivity index (χ0) is 17.4. The van der Waals surface area contributed by atoms with Crippen molar-refractivity contribution >= 4 is 22.2 Å². The van der Waals surface area contributed by atoms with Gasteiger partial charge in [-0.3, -0.25) is 4.79 Å². The summed E-state index contributed by atoms with van der Waals surface area (Å²) in [7, 11) is 0. The van der Waals surface area contributed by atoms with Crippen molar-refractivity contribution in [2.75, 3.05) is 11.9 Å². The van der Waals surface area contributed by atoms with Gasteiger partial charge in [-0.05, 0) is 55.4 Å². The summed E-state index contributed by atoms with van der Waals surface area (Å²) in [4.78, 5) is 14.2. The average Bonchev–Trinajstić information content (AvgIpc) is 3.00. The van der Waals surface area contributed by atoms with Crippen molar-refractivity contribution in [3.05, 3.63) is 45.8 Å². The molecule has 0 saturated carbocycles. The highest BCUT2D eigenvalue weighted by atomic mass is 32.1. The van der Waals surface area contributed by atoms with Gasteiger partial charge in [0.2, 0.25) is 0 Å². The fourth-order valence-corrected chi connectivity index (χ4v) is 5.19. The molecule has 1 aliphatic carbocycles. The Morgan fingerprint density at radius 2 is 2.00 bits per heavy atom. The van der Waals surface area contributed by atoms with Crippen molar-refractivity contribution in [2.24, 2.45) is 5.92 Å². The topological polar surface area (TPSA) is 50.4 Å². The summed E-state index contributed by atoms with van der Waals surface area (Å²) >= 11 is 1.77. The second-order valence-corrected chi connectivity index (χ2v) is 7.88. The molecule has 1 aromatic carbocycles. The molecule has 2 atom stereocenters. The van der Waals surface area contributed by atoms with Gasteiger partial charge in [-0.15, -0.1) is 11.3 Å². The molecule has 0 fully saturated rings. The number of benzene rings is 1. The van der Waals surface area contributed by atoms with E-state index in [0.29, 0.717) is 6.61 Å². The van der Waals surface area contributed by atoms with E-state index in [-0.39, 0.29) is 12.1 Å². The highest BCUT2D eigenvalue weighted by Crippen LogP contribution is 2.43.